The molecule has 1 heterocycles. The van der Waals surface area contributed by atoms with Gasteiger partial charge in [0.2, 0.25) is 5.91 Å². The van der Waals surface area contributed by atoms with E-state index in [1.165, 1.54) is 0 Å². The van der Waals surface area contributed by atoms with E-state index in [4.69, 9.17) is 4.74 Å². The molecule has 1 N–H and O–H groups in total. The Morgan fingerprint density at radius 1 is 1.07 bits per heavy atom. The lowest BCUT2D eigenvalue weighted by atomic mass is 10.1. The van der Waals surface area contributed by atoms with Gasteiger partial charge in [-0.25, -0.2) is 0 Å². The molecule has 0 aliphatic carbocycles. The van der Waals surface area contributed by atoms with Crippen molar-refractivity contribution < 1.29 is 14.3 Å². The third-order valence-electron chi connectivity index (χ3n) is 5.26. The first-order valence-corrected chi connectivity index (χ1v) is 10.9. The van der Waals surface area contributed by atoms with E-state index in [1.54, 1.807) is 13.2 Å². The van der Waals surface area contributed by atoms with Gasteiger partial charge < -0.3 is 19.9 Å². The van der Waals surface area contributed by atoms with Crippen LogP contribution in [0.4, 0.5) is 11.4 Å². The number of methoxy groups -OCH3 is 1. The van der Waals surface area contributed by atoms with Crippen molar-refractivity contribution in [1.29, 1.82) is 0 Å². The Labute approximate surface area is 186 Å². The highest BCUT2D eigenvalue weighted by Crippen LogP contribution is 2.29. The number of benzene rings is 2. The van der Waals surface area contributed by atoms with Crippen LogP contribution in [0.25, 0.3) is 0 Å². The summed E-state index contributed by atoms with van der Waals surface area (Å²) in [6.07, 6.45) is 0. The molecule has 2 aromatic carbocycles. The van der Waals surface area contributed by atoms with Gasteiger partial charge in [0.25, 0.3) is 5.91 Å². The van der Waals surface area contributed by atoms with Crippen molar-refractivity contribution >= 4 is 39.1 Å². The molecule has 2 aromatic rings. The molecule has 0 aromatic heterocycles. The molecule has 7 heteroatoms. The molecule has 160 valence electrons. The van der Waals surface area contributed by atoms with Crippen molar-refractivity contribution in [3.05, 3.63) is 52.0 Å². The van der Waals surface area contributed by atoms with Crippen LogP contribution in [0.5, 0.6) is 5.75 Å². The number of hydrogen-bond acceptors (Lipinski definition) is 4. The van der Waals surface area contributed by atoms with Gasteiger partial charge in [-0.05, 0) is 48.9 Å². The Bertz CT molecular complexity index is 920. The lowest BCUT2D eigenvalue weighted by Crippen LogP contribution is -2.49. The molecular weight excluding hydrogens is 446 g/mol. The van der Waals surface area contributed by atoms with Gasteiger partial charge in [0.1, 0.15) is 5.75 Å². The molecular formula is C23H28BrN3O3. The smallest absolute Gasteiger partial charge is 0.259 e. The standard InChI is InChI=1S/C23H28BrN3O3/c1-15(2)23(29)27-11-9-26(10-12-27)19-7-5-18(6-8-19)25-22(28)20-14-17(24)13-16(3)21(20)30-4/h5-8,13-15H,9-12H2,1-4H3,(H,25,28). The number of carbonyl (C=O) groups excluding carboxylic acids is 2. The molecule has 1 aliphatic heterocycles. The maximum atomic E-state index is 12.8. The Kier molecular flexibility index (Phi) is 7.02. The number of aryl methyl sites for hydroxylation is 1. The SMILES string of the molecule is COc1c(C)cc(Br)cc1C(=O)Nc1ccc(N2CCN(C(=O)C(C)C)CC2)cc1. The topological polar surface area (TPSA) is 61.9 Å². The van der Waals surface area contributed by atoms with Crippen molar-refractivity contribution in [1.82, 2.24) is 4.90 Å². The lowest BCUT2D eigenvalue weighted by Gasteiger charge is -2.37. The van der Waals surface area contributed by atoms with Gasteiger partial charge in [0, 0.05) is 47.9 Å². The Morgan fingerprint density at radius 3 is 2.27 bits per heavy atom. The first-order valence-electron chi connectivity index (χ1n) is 10.1. The molecule has 0 bridgehead atoms. The van der Waals surface area contributed by atoms with E-state index >= 15 is 0 Å². The Balaban J connectivity index is 1.65. The van der Waals surface area contributed by atoms with Crippen LogP contribution in [-0.2, 0) is 4.79 Å². The zero-order valence-corrected chi connectivity index (χ0v) is 19.5. The molecule has 0 atom stereocenters. The second-order valence-corrected chi connectivity index (χ2v) is 8.69. The number of nitrogens with zero attached hydrogens (tertiary/aromatic N) is 2. The van der Waals surface area contributed by atoms with Crippen molar-refractivity contribution in [2.75, 3.05) is 43.5 Å². The molecule has 1 saturated heterocycles. The van der Waals surface area contributed by atoms with Gasteiger partial charge in [0.05, 0.1) is 12.7 Å². The fraction of sp³-hybridized carbons (Fsp3) is 0.391. The van der Waals surface area contributed by atoms with Crippen molar-refractivity contribution in [3.63, 3.8) is 0 Å². The van der Waals surface area contributed by atoms with Crippen LogP contribution >= 0.6 is 15.9 Å². The molecule has 6 nitrogen and oxygen atoms in total. The van der Waals surface area contributed by atoms with E-state index in [0.717, 1.165) is 47.6 Å². The van der Waals surface area contributed by atoms with Gasteiger partial charge in [-0.15, -0.1) is 0 Å². The normalized spacial score (nSPS) is 14.1. The van der Waals surface area contributed by atoms with Crippen LogP contribution < -0.4 is 15.0 Å². The van der Waals surface area contributed by atoms with Crippen molar-refractivity contribution in [2.24, 2.45) is 5.92 Å². The van der Waals surface area contributed by atoms with Crippen LogP contribution in [0.3, 0.4) is 0 Å². The number of halogens is 1. The zero-order chi connectivity index (χ0) is 21.8. The Hall–Kier alpha value is -2.54. The molecule has 2 amide bonds. The third-order valence-corrected chi connectivity index (χ3v) is 5.72. The minimum Gasteiger partial charge on any atom is -0.496 e. The Morgan fingerprint density at radius 2 is 1.70 bits per heavy atom. The summed E-state index contributed by atoms with van der Waals surface area (Å²) in [5.41, 5.74) is 3.18. The summed E-state index contributed by atoms with van der Waals surface area (Å²) in [6.45, 7) is 8.86. The van der Waals surface area contributed by atoms with Crippen LogP contribution in [0.2, 0.25) is 0 Å². The summed E-state index contributed by atoms with van der Waals surface area (Å²) in [5, 5.41) is 2.94. The number of hydrogen-bond donors (Lipinski definition) is 1. The van der Waals surface area contributed by atoms with E-state index in [-0.39, 0.29) is 17.7 Å². The van der Waals surface area contributed by atoms with Gasteiger partial charge in [-0.2, -0.15) is 0 Å². The first kappa shape index (κ1) is 22.2. The predicted molar refractivity (Wildman–Crippen MR) is 123 cm³/mol. The minimum absolute atomic E-state index is 0.0343. The van der Waals surface area contributed by atoms with E-state index < -0.39 is 0 Å². The minimum atomic E-state index is -0.218. The number of nitrogens with one attached hydrogen (secondary N) is 1. The first-order chi connectivity index (χ1) is 14.3. The van der Waals surface area contributed by atoms with Crippen molar-refractivity contribution in [2.45, 2.75) is 20.8 Å². The number of amides is 2. The fourth-order valence-corrected chi connectivity index (χ4v) is 4.25. The summed E-state index contributed by atoms with van der Waals surface area (Å²) >= 11 is 3.44. The summed E-state index contributed by atoms with van der Waals surface area (Å²) in [6, 6.07) is 11.5. The zero-order valence-electron chi connectivity index (χ0n) is 17.9. The average molecular weight is 474 g/mol. The van der Waals surface area contributed by atoms with Crippen LogP contribution in [0.1, 0.15) is 29.8 Å². The van der Waals surface area contributed by atoms with E-state index in [0.29, 0.717) is 11.3 Å². The van der Waals surface area contributed by atoms with Crippen LogP contribution in [0.15, 0.2) is 40.9 Å². The maximum Gasteiger partial charge on any atom is 0.259 e. The molecule has 3 rings (SSSR count). The lowest BCUT2D eigenvalue weighted by molar-refractivity contribution is -0.134. The second kappa shape index (κ2) is 9.51. The van der Waals surface area contributed by atoms with E-state index in [1.807, 2.05) is 56.0 Å². The van der Waals surface area contributed by atoms with Crippen molar-refractivity contribution in [3.8, 4) is 5.75 Å². The van der Waals surface area contributed by atoms with E-state index in [2.05, 4.69) is 26.1 Å². The average Bonchev–Trinajstić information content (AvgIpc) is 2.73. The quantitative estimate of drug-likeness (QED) is 0.701. The molecule has 30 heavy (non-hydrogen) atoms. The number of piperazine rings is 1. The number of carbonyl (C=O) groups is 2. The highest BCUT2D eigenvalue weighted by atomic mass is 79.9. The molecule has 0 saturated carbocycles. The highest BCUT2D eigenvalue weighted by molar-refractivity contribution is 9.10. The fourth-order valence-electron chi connectivity index (χ4n) is 3.67. The molecule has 0 spiro atoms. The second-order valence-electron chi connectivity index (χ2n) is 7.77. The van der Waals surface area contributed by atoms with Crippen LogP contribution in [-0.4, -0.2) is 50.0 Å². The summed E-state index contributed by atoms with van der Waals surface area (Å²) < 4.78 is 6.24. The number of ether oxygens (including phenoxy) is 1. The molecule has 1 fully saturated rings. The molecule has 0 unspecified atom stereocenters. The van der Waals surface area contributed by atoms with Gasteiger partial charge in [-0.1, -0.05) is 29.8 Å². The summed E-state index contributed by atoms with van der Waals surface area (Å²) in [5.74, 6) is 0.601. The number of rotatable bonds is 5. The number of anilines is 2. The maximum absolute atomic E-state index is 12.8. The third kappa shape index (κ3) is 4.95. The van der Waals surface area contributed by atoms with Gasteiger partial charge in [-0.3, -0.25) is 9.59 Å². The van der Waals surface area contributed by atoms with E-state index in [9.17, 15) is 9.59 Å². The van der Waals surface area contributed by atoms with Gasteiger partial charge >= 0.3 is 0 Å². The summed E-state index contributed by atoms with van der Waals surface area (Å²) in [7, 11) is 1.57. The monoisotopic (exact) mass is 473 g/mol. The van der Waals surface area contributed by atoms with Crippen LogP contribution in [0, 0.1) is 12.8 Å². The predicted octanol–water partition coefficient (Wildman–Crippen LogP) is 4.32. The summed E-state index contributed by atoms with van der Waals surface area (Å²) in [4.78, 5) is 29.1. The van der Waals surface area contributed by atoms with Gasteiger partial charge in [0.15, 0.2) is 0 Å². The molecule has 0 radical (unpaired) electrons. The molecule has 1 aliphatic rings. The largest absolute Gasteiger partial charge is 0.496 e. The highest BCUT2D eigenvalue weighted by Gasteiger charge is 2.23.